The predicted octanol–water partition coefficient (Wildman–Crippen LogP) is 3.56. The minimum absolute atomic E-state index is 0.0164. The average molecular weight is 255 g/mol. The van der Waals surface area contributed by atoms with Crippen molar-refractivity contribution >= 4 is 11.7 Å². The molecule has 1 unspecified atom stereocenters. The van der Waals surface area contributed by atoms with Gasteiger partial charge in [0.1, 0.15) is 0 Å². The Hall–Kier alpha value is -0.860. The molecular weight excluding hydrogens is 226 g/mol. The van der Waals surface area contributed by atoms with Gasteiger partial charge < -0.3 is 4.90 Å². The highest BCUT2D eigenvalue weighted by Crippen LogP contribution is 2.17. The van der Waals surface area contributed by atoms with E-state index in [-0.39, 0.29) is 17.7 Å². The van der Waals surface area contributed by atoms with Crippen LogP contribution in [0.25, 0.3) is 0 Å². The van der Waals surface area contributed by atoms with E-state index in [2.05, 4.69) is 0 Å². The highest BCUT2D eigenvalue weighted by molar-refractivity contribution is 5.87. The van der Waals surface area contributed by atoms with Crippen LogP contribution in [0, 0.1) is 0 Å². The van der Waals surface area contributed by atoms with Gasteiger partial charge in [0.15, 0.2) is 5.78 Å². The zero-order chi connectivity index (χ0) is 14.0. The topological polar surface area (TPSA) is 37.4 Å². The van der Waals surface area contributed by atoms with E-state index < -0.39 is 0 Å². The van der Waals surface area contributed by atoms with Crippen molar-refractivity contribution in [1.82, 2.24) is 4.90 Å². The Bertz CT molecular complexity index is 219. The van der Waals surface area contributed by atoms with Gasteiger partial charge in [-0.15, -0.1) is 0 Å². The second-order valence-corrected chi connectivity index (χ2v) is 4.75. The lowest BCUT2D eigenvalue weighted by Crippen LogP contribution is -2.37. The van der Waals surface area contributed by atoms with Crippen molar-refractivity contribution in [2.75, 3.05) is 6.54 Å². The lowest BCUT2D eigenvalue weighted by molar-refractivity contribution is -0.135. The third-order valence-electron chi connectivity index (χ3n) is 3.38. The number of carbonyl (C=O) groups excluding carboxylic acids is 2. The fourth-order valence-electron chi connectivity index (χ4n) is 2.45. The Morgan fingerprint density at radius 1 is 0.889 bits per heavy atom. The summed E-state index contributed by atoms with van der Waals surface area (Å²) in [5, 5.41) is 0. The molecule has 2 aliphatic rings. The van der Waals surface area contributed by atoms with Crippen LogP contribution in [0.3, 0.4) is 0 Å². The van der Waals surface area contributed by atoms with Crippen LogP contribution in [-0.2, 0) is 9.59 Å². The second-order valence-electron chi connectivity index (χ2n) is 4.75. The molecule has 1 saturated carbocycles. The Morgan fingerprint density at radius 2 is 1.33 bits per heavy atom. The van der Waals surface area contributed by atoms with Gasteiger partial charge in [-0.25, -0.2) is 0 Å². The standard InChI is InChI=1S/C8H13NO2.C5H10.C2H6/c1-6(10)8-4-3-5-9(8)7(2)11;1-2-4-5-3-1;1-2/h8H,3-5H2,1-2H3;1-5H2;1-2H3. The number of carbonyl (C=O) groups is 2. The molecule has 1 atom stereocenters. The van der Waals surface area contributed by atoms with E-state index in [4.69, 9.17) is 0 Å². The first-order valence-electron chi connectivity index (χ1n) is 7.40. The summed E-state index contributed by atoms with van der Waals surface area (Å²) >= 11 is 0. The minimum atomic E-state index is -0.132. The summed E-state index contributed by atoms with van der Waals surface area (Å²) in [7, 11) is 0. The number of nitrogens with zero attached hydrogens (tertiary/aromatic N) is 1. The van der Waals surface area contributed by atoms with Crippen molar-refractivity contribution in [3.63, 3.8) is 0 Å². The van der Waals surface area contributed by atoms with Crippen LogP contribution in [0.5, 0.6) is 0 Å². The van der Waals surface area contributed by atoms with Crippen molar-refractivity contribution < 1.29 is 9.59 Å². The number of amides is 1. The Morgan fingerprint density at radius 3 is 1.61 bits per heavy atom. The Balaban J connectivity index is 0.000000343. The summed E-state index contributed by atoms with van der Waals surface area (Å²) in [6, 6.07) is -0.132. The van der Waals surface area contributed by atoms with Crippen molar-refractivity contribution in [2.45, 2.75) is 78.7 Å². The SMILES string of the molecule is C1CCCC1.CC.CC(=O)C1CCCN1C(C)=O. The lowest BCUT2D eigenvalue weighted by Gasteiger charge is -2.20. The van der Waals surface area contributed by atoms with Crippen LogP contribution in [0.15, 0.2) is 0 Å². The molecule has 0 radical (unpaired) electrons. The van der Waals surface area contributed by atoms with Gasteiger partial charge in [-0.2, -0.15) is 0 Å². The lowest BCUT2D eigenvalue weighted by atomic mass is 10.1. The third-order valence-corrected chi connectivity index (χ3v) is 3.38. The molecule has 1 aliphatic heterocycles. The number of hydrogen-bond donors (Lipinski definition) is 0. The van der Waals surface area contributed by atoms with Gasteiger partial charge in [0.05, 0.1) is 6.04 Å². The maximum atomic E-state index is 11.0. The largest absolute Gasteiger partial charge is 0.333 e. The van der Waals surface area contributed by atoms with Gasteiger partial charge in [0, 0.05) is 13.5 Å². The van der Waals surface area contributed by atoms with Crippen molar-refractivity contribution in [1.29, 1.82) is 0 Å². The third kappa shape index (κ3) is 6.18. The number of ketones is 1. The van der Waals surface area contributed by atoms with Crippen LogP contribution in [0.4, 0.5) is 0 Å². The molecule has 3 nitrogen and oxygen atoms in total. The normalized spacial score (nSPS) is 21.6. The molecule has 106 valence electrons. The number of likely N-dealkylation sites (tertiary alicyclic amines) is 1. The number of hydrogen-bond acceptors (Lipinski definition) is 2. The van der Waals surface area contributed by atoms with Crippen LogP contribution >= 0.6 is 0 Å². The second kappa shape index (κ2) is 10.1. The Kier molecular flexibility index (Phi) is 9.62. The van der Waals surface area contributed by atoms with Crippen molar-refractivity contribution in [2.24, 2.45) is 0 Å². The first kappa shape index (κ1) is 17.1. The van der Waals surface area contributed by atoms with E-state index in [0.29, 0.717) is 0 Å². The molecule has 0 spiro atoms. The first-order chi connectivity index (χ1) is 8.63. The molecular formula is C15H29NO2. The van der Waals surface area contributed by atoms with Crippen LogP contribution < -0.4 is 0 Å². The fraction of sp³-hybridized carbons (Fsp3) is 0.867. The van der Waals surface area contributed by atoms with Gasteiger partial charge in [-0.05, 0) is 19.8 Å². The molecule has 0 aromatic heterocycles. The summed E-state index contributed by atoms with van der Waals surface area (Å²) in [5.41, 5.74) is 0. The summed E-state index contributed by atoms with van der Waals surface area (Å²) in [6.45, 7) is 7.81. The molecule has 0 aromatic carbocycles. The van der Waals surface area contributed by atoms with Gasteiger partial charge in [-0.1, -0.05) is 46.0 Å². The smallest absolute Gasteiger partial charge is 0.220 e. The predicted molar refractivity (Wildman–Crippen MR) is 75.5 cm³/mol. The summed E-state index contributed by atoms with van der Waals surface area (Å²) < 4.78 is 0. The molecule has 1 heterocycles. The molecule has 0 bridgehead atoms. The zero-order valence-electron chi connectivity index (χ0n) is 12.5. The van der Waals surface area contributed by atoms with E-state index in [1.54, 1.807) is 11.8 Å². The maximum absolute atomic E-state index is 11.0. The summed E-state index contributed by atoms with van der Waals surface area (Å²) in [4.78, 5) is 23.6. The highest BCUT2D eigenvalue weighted by Gasteiger charge is 2.29. The van der Waals surface area contributed by atoms with Gasteiger partial charge in [-0.3, -0.25) is 9.59 Å². The summed E-state index contributed by atoms with van der Waals surface area (Å²) in [5.74, 6) is 0.125. The Labute approximate surface area is 112 Å². The van der Waals surface area contributed by atoms with E-state index >= 15 is 0 Å². The fourth-order valence-corrected chi connectivity index (χ4v) is 2.45. The van der Waals surface area contributed by atoms with E-state index in [1.807, 2.05) is 13.8 Å². The molecule has 1 amide bonds. The van der Waals surface area contributed by atoms with Crippen LogP contribution in [-0.4, -0.2) is 29.2 Å². The van der Waals surface area contributed by atoms with Crippen LogP contribution in [0.1, 0.15) is 72.6 Å². The minimum Gasteiger partial charge on any atom is -0.333 e. The molecule has 0 aromatic rings. The monoisotopic (exact) mass is 255 g/mol. The molecule has 2 rings (SSSR count). The maximum Gasteiger partial charge on any atom is 0.220 e. The molecule has 18 heavy (non-hydrogen) atoms. The molecule has 2 fully saturated rings. The highest BCUT2D eigenvalue weighted by atomic mass is 16.2. The molecule has 1 aliphatic carbocycles. The van der Waals surface area contributed by atoms with E-state index in [0.717, 1.165) is 19.4 Å². The first-order valence-corrected chi connectivity index (χ1v) is 7.40. The quantitative estimate of drug-likeness (QED) is 0.718. The van der Waals surface area contributed by atoms with Crippen LogP contribution in [0.2, 0.25) is 0 Å². The van der Waals surface area contributed by atoms with E-state index in [1.165, 1.54) is 39.0 Å². The molecule has 0 N–H and O–H groups in total. The van der Waals surface area contributed by atoms with Crippen molar-refractivity contribution in [3.8, 4) is 0 Å². The summed E-state index contributed by atoms with van der Waals surface area (Å²) in [6.07, 6.45) is 9.30. The van der Waals surface area contributed by atoms with Crippen molar-refractivity contribution in [3.05, 3.63) is 0 Å². The molecule has 1 saturated heterocycles. The van der Waals surface area contributed by atoms with Gasteiger partial charge in [0.2, 0.25) is 5.91 Å². The molecule has 3 heteroatoms. The number of rotatable bonds is 1. The zero-order valence-corrected chi connectivity index (χ0v) is 12.5. The number of Topliss-reactive ketones (excluding diaryl/α,β-unsaturated/α-hetero) is 1. The van der Waals surface area contributed by atoms with E-state index in [9.17, 15) is 9.59 Å². The average Bonchev–Trinajstić information content (AvgIpc) is 3.06. The van der Waals surface area contributed by atoms with Gasteiger partial charge in [0.25, 0.3) is 0 Å². The van der Waals surface area contributed by atoms with Gasteiger partial charge >= 0.3 is 0 Å².